The average molecular weight is 400 g/mol. The summed E-state index contributed by atoms with van der Waals surface area (Å²) in [4.78, 5) is 4.02. The van der Waals surface area contributed by atoms with E-state index >= 15 is 0 Å². The van der Waals surface area contributed by atoms with Crippen molar-refractivity contribution < 1.29 is 14.6 Å². The summed E-state index contributed by atoms with van der Waals surface area (Å²) in [5.41, 5.74) is 0.394. The highest BCUT2D eigenvalue weighted by Crippen LogP contribution is 2.36. The van der Waals surface area contributed by atoms with Gasteiger partial charge in [-0.05, 0) is 30.5 Å². The van der Waals surface area contributed by atoms with Crippen LogP contribution in [0, 0.1) is 5.41 Å². The average Bonchev–Trinajstić information content (AvgIpc) is 3.17. The maximum Gasteiger partial charge on any atom is 0.157 e. The van der Waals surface area contributed by atoms with Crippen LogP contribution in [0.2, 0.25) is 10.0 Å². The molecule has 0 spiro atoms. The molecule has 1 aromatic carbocycles. The van der Waals surface area contributed by atoms with E-state index in [9.17, 15) is 5.11 Å². The highest BCUT2D eigenvalue weighted by molar-refractivity contribution is 6.42. The summed E-state index contributed by atoms with van der Waals surface area (Å²) in [6.45, 7) is 4.80. The van der Waals surface area contributed by atoms with Crippen molar-refractivity contribution in [1.29, 1.82) is 0 Å². The molecular formula is C18H23Cl2N3O3. The van der Waals surface area contributed by atoms with Gasteiger partial charge < -0.3 is 14.6 Å². The van der Waals surface area contributed by atoms with Crippen molar-refractivity contribution in [3.63, 3.8) is 0 Å². The van der Waals surface area contributed by atoms with Gasteiger partial charge in [-0.1, -0.05) is 43.1 Å². The SMILES string of the molecule is CCC1OCC(C)(C(O)C(Cc2ccc(Cl)c(Cl)c2)n2cncn2)CO1. The molecule has 2 atom stereocenters. The highest BCUT2D eigenvalue weighted by Gasteiger charge is 2.43. The summed E-state index contributed by atoms with van der Waals surface area (Å²) in [5, 5.41) is 16.4. The van der Waals surface area contributed by atoms with Crippen LogP contribution in [0.3, 0.4) is 0 Å². The van der Waals surface area contributed by atoms with E-state index in [1.165, 1.54) is 6.33 Å². The molecule has 1 N–H and O–H groups in total. The second-order valence-electron chi connectivity index (χ2n) is 6.95. The Kier molecular flexibility index (Phi) is 6.20. The smallest absolute Gasteiger partial charge is 0.157 e. The van der Waals surface area contributed by atoms with E-state index in [0.29, 0.717) is 29.7 Å². The lowest BCUT2D eigenvalue weighted by atomic mass is 9.79. The third-order valence-corrected chi connectivity index (χ3v) is 5.55. The van der Waals surface area contributed by atoms with Gasteiger partial charge in [-0.3, -0.25) is 0 Å². The number of nitrogens with zero attached hydrogens (tertiary/aromatic N) is 3. The first-order valence-corrected chi connectivity index (χ1v) is 9.38. The topological polar surface area (TPSA) is 69.4 Å². The van der Waals surface area contributed by atoms with E-state index in [-0.39, 0.29) is 12.3 Å². The van der Waals surface area contributed by atoms with E-state index in [2.05, 4.69) is 10.1 Å². The molecule has 1 aromatic heterocycles. The van der Waals surface area contributed by atoms with Gasteiger partial charge in [0.25, 0.3) is 0 Å². The molecular weight excluding hydrogens is 377 g/mol. The standard InChI is InChI=1S/C18H23Cl2N3O3/c1-3-16-25-8-18(2,9-26-16)17(24)15(23-11-21-10-22-23)7-12-4-5-13(19)14(20)6-12/h4-6,10-11,15-17,24H,3,7-9H2,1-2H3. The minimum absolute atomic E-state index is 0.213. The number of aliphatic hydroxyl groups excluding tert-OH is 1. The van der Waals surface area contributed by atoms with Crippen LogP contribution in [0.25, 0.3) is 0 Å². The fraction of sp³-hybridized carbons (Fsp3) is 0.556. The van der Waals surface area contributed by atoms with Gasteiger partial charge in [0, 0.05) is 5.41 Å². The van der Waals surface area contributed by atoms with Crippen molar-refractivity contribution in [1.82, 2.24) is 14.8 Å². The van der Waals surface area contributed by atoms with Gasteiger partial charge in [-0.15, -0.1) is 0 Å². The van der Waals surface area contributed by atoms with Crippen LogP contribution in [0.1, 0.15) is 31.9 Å². The van der Waals surface area contributed by atoms with Gasteiger partial charge in [0.1, 0.15) is 12.7 Å². The van der Waals surface area contributed by atoms with Crippen LogP contribution in [-0.4, -0.2) is 45.5 Å². The molecule has 8 heteroatoms. The molecule has 1 fully saturated rings. The lowest BCUT2D eigenvalue weighted by Crippen LogP contribution is -2.50. The third kappa shape index (κ3) is 4.21. The van der Waals surface area contributed by atoms with Crippen LogP contribution < -0.4 is 0 Å². The Labute approximate surface area is 163 Å². The molecule has 142 valence electrons. The van der Waals surface area contributed by atoms with Crippen molar-refractivity contribution in [2.75, 3.05) is 13.2 Å². The number of halogens is 2. The number of hydrogen-bond donors (Lipinski definition) is 1. The van der Waals surface area contributed by atoms with Gasteiger partial charge in [-0.2, -0.15) is 5.10 Å². The van der Waals surface area contributed by atoms with E-state index in [1.807, 2.05) is 26.0 Å². The molecule has 1 saturated heterocycles. The molecule has 1 aliphatic rings. The monoisotopic (exact) mass is 399 g/mol. The number of hydrogen-bond acceptors (Lipinski definition) is 5. The van der Waals surface area contributed by atoms with Gasteiger partial charge in [-0.25, -0.2) is 9.67 Å². The molecule has 3 rings (SSSR count). The van der Waals surface area contributed by atoms with Crippen LogP contribution in [0.15, 0.2) is 30.9 Å². The third-order valence-electron chi connectivity index (χ3n) is 4.82. The lowest BCUT2D eigenvalue weighted by Gasteiger charge is -2.42. The second-order valence-corrected chi connectivity index (χ2v) is 7.77. The maximum atomic E-state index is 11.2. The van der Waals surface area contributed by atoms with Gasteiger partial charge >= 0.3 is 0 Å². The highest BCUT2D eigenvalue weighted by atomic mass is 35.5. The molecule has 26 heavy (non-hydrogen) atoms. The fourth-order valence-corrected chi connectivity index (χ4v) is 3.49. The maximum absolute atomic E-state index is 11.2. The predicted octanol–water partition coefficient (Wildman–Crippen LogP) is 3.52. The molecule has 2 heterocycles. The first kappa shape index (κ1) is 19.6. The van der Waals surface area contributed by atoms with Crippen molar-refractivity contribution in [3.05, 3.63) is 46.5 Å². The quantitative estimate of drug-likeness (QED) is 0.804. The fourth-order valence-electron chi connectivity index (χ4n) is 3.17. The van der Waals surface area contributed by atoms with Crippen LogP contribution in [0.5, 0.6) is 0 Å². The zero-order valence-electron chi connectivity index (χ0n) is 14.8. The zero-order chi connectivity index (χ0) is 18.7. The molecule has 0 saturated carbocycles. The van der Waals surface area contributed by atoms with Crippen LogP contribution in [-0.2, 0) is 15.9 Å². The van der Waals surface area contributed by atoms with E-state index in [1.54, 1.807) is 17.1 Å². The summed E-state index contributed by atoms with van der Waals surface area (Å²) in [6.07, 6.45) is 3.40. The lowest BCUT2D eigenvalue weighted by molar-refractivity contribution is -0.249. The van der Waals surface area contributed by atoms with Crippen molar-refractivity contribution in [3.8, 4) is 0 Å². The summed E-state index contributed by atoms with van der Waals surface area (Å²) in [7, 11) is 0. The number of aliphatic hydroxyl groups is 1. The first-order chi connectivity index (χ1) is 12.4. The molecule has 0 amide bonds. The Bertz CT molecular complexity index is 718. The van der Waals surface area contributed by atoms with Crippen LogP contribution in [0.4, 0.5) is 0 Å². The number of rotatable bonds is 6. The molecule has 0 bridgehead atoms. The van der Waals surface area contributed by atoms with Gasteiger partial charge in [0.2, 0.25) is 0 Å². The van der Waals surface area contributed by atoms with E-state index in [0.717, 1.165) is 12.0 Å². The Balaban J connectivity index is 1.83. The van der Waals surface area contributed by atoms with Crippen molar-refractivity contribution in [2.45, 2.75) is 45.1 Å². The second kappa shape index (κ2) is 8.23. The Morgan fingerprint density at radius 3 is 2.62 bits per heavy atom. The van der Waals surface area contributed by atoms with Gasteiger partial charge in [0.05, 0.1) is 35.4 Å². The Hall–Kier alpha value is -1.18. The molecule has 2 aromatic rings. The molecule has 1 aliphatic heterocycles. The summed E-state index contributed by atoms with van der Waals surface area (Å²) < 4.78 is 13.2. The molecule has 0 radical (unpaired) electrons. The van der Waals surface area contributed by atoms with E-state index in [4.69, 9.17) is 32.7 Å². The normalized spacial score (nSPS) is 25.8. The first-order valence-electron chi connectivity index (χ1n) is 8.62. The minimum atomic E-state index is -0.753. The molecule has 0 aliphatic carbocycles. The number of benzene rings is 1. The summed E-state index contributed by atoms with van der Waals surface area (Å²) in [5.74, 6) is 0. The summed E-state index contributed by atoms with van der Waals surface area (Å²) in [6, 6.07) is 5.12. The van der Waals surface area contributed by atoms with E-state index < -0.39 is 11.5 Å². The van der Waals surface area contributed by atoms with Gasteiger partial charge in [0.15, 0.2) is 6.29 Å². The minimum Gasteiger partial charge on any atom is -0.390 e. The van der Waals surface area contributed by atoms with Crippen molar-refractivity contribution >= 4 is 23.2 Å². The van der Waals surface area contributed by atoms with Crippen molar-refractivity contribution in [2.24, 2.45) is 5.41 Å². The van der Waals surface area contributed by atoms with Crippen LogP contribution >= 0.6 is 23.2 Å². The molecule has 6 nitrogen and oxygen atoms in total. The Morgan fingerprint density at radius 1 is 1.31 bits per heavy atom. The molecule has 2 unspecified atom stereocenters. The zero-order valence-corrected chi connectivity index (χ0v) is 16.3. The number of aromatic nitrogens is 3. The predicted molar refractivity (Wildman–Crippen MR) is 99.3 cm³/mol. The summed E-state index contributed by atoms with van der Waals surface area (Å²) >= 11 is 12.1. The largest absolute Gasteiger partial charge is 0.390 e. The Morgan fingerprint density at radius 2 is 2.04 bits per heavy atom. The number of ether oxygens (including phenoxy) is 2.